The summed E-state index contributed by atoms with van der Waals surface area (Å²) in [7, 11) is 1.75. The van der Waals surface area contributed by atoms with Crippen LogP contribution in [-0.2, 0) is 9.47 Å². The van der Waals surface area contributed by atoms with Gasteiger partial charge < -0.3 is 20.5 Å². The van der Waals surface area contributed by atoms with E-state index in [9.17, 15) is 4.79 Å². The molecule has 1 aromatic rings. The van der Waals surface area contributed by atoms with Crippen molar-refractivity contribution < 1.29 is 14.3 Å². The molecule has 0 heterocycles. The van der Waals surface area contributed by atoms with E-state index in [2.05, 4.69) is 5.32 Å². The number of ether oxygens (including phenoxy) is 2. The van der Waals surface area contributed by atoms with Crippen LogP contribution in [0.25, 0.3) is 0 Å². The summed E-state index contributed by atoms with van der Waals surface area (Å²) in [5.74, 6) is -0.342. The lowest BCUT2D eigenvalue weighted by Gasteiger charge is -2.16. The molecule has 5 nitrogen and oxygen atoms in total. The highest BCUT2D eigenvalue weighted by Crippen LogP contribution is 2.28. The van der Waals surface area contributed by atoms with E-state index in [4.69, 9.17) is 15.2 Å². The number of carbonyl (C=O) groups is 1. The van der Waals surface area contributed by atoms with E-state index >= 15 is 0 Å². The van der Waals surface area contributed by atoms with Crippen molar-refractivity contribution in [1.29, 1.82) is 0 Å². The number of carbonyl (C=O) groups excluding carboxylic acids is 1. The minimum Gasteiger partial charge on any atom is -0.462 e. The molecule has 0 radical (unpaired) electrons. The van der Waals surface area contributed by atoms with Gasteiger partial charge in [0, 0.05) is 13.2 Å². The van der Waals surface area contributed by atoms with Crippen molar-refractivity contribution in [2.24, 2.45) is 0 Å². The molecular weight excluding hydrogens is 256 g/mol. The van der Waals surface area contributed by atoms with E-state index in [0.717, 1.165) is 24.9 Å². The third-order valence-electron chi connectivity index (χ3n) is 3.64. The van der Waals surface area contributed by atoms with E-state index in [1.807, 2.05) is 6.07 Å². The Bertz CT molecular complexity index is 476. The summed E-state index contributed by atoms with van der Waals surface area (Å²) in [5, 5.41) is 3.41. The largest absolute Gasteiger partial charge is 0.462 e. The predicted octanol–water partition coefficient (Wildman–Crippen LogP) is 2.42. The standard InChI is InChI=1S/C15H22N2O3/c1-3-20-15(18)10-4-7-14(13(16)8-10)17-11-5-6-12(9-11)19-2/h4,7-8,11-12,17H,3,5-6,9,16H2,1-2H3. The first-order valence-corrected chi connectivity index (χ1v) is 7.00. The van der Waals surface area contributed by atoms with Crippen LogP contribution in [-0.4, -0.2) is 31.8 Å². The molecule has 2 atom stereocenters. The highest BCUT2D eigenvalue weighted by atomic mass is 16.5. The minimum absolute atomic E-state index is 0.326. The third kappa shape index (κ3) is 3.42. The molecule has 0 aliphatic heterocycles. The molecule has 3 N–H and O–H groups in total. The first-order chi connectivity index (χ1) is 9.63. The van der Waals surface area contributed by atoms with Crippen LogP contribution < -0.4 is 11.1 Å². The van der Waals surface area contributed by atoms with E-state index < -0.39 is 0 Å². The molecule has 20 heavy (non-hydrogen) atoms. The maximum Gasteiger partial charge on any atom is 0.338 e. The Morgan fingerprint density at radius 3 is 2.85 bits per heavy atom. The van der Waals surface area contributed by atoms with Gasteiger partial charge in [-0.05, 0) is 44.4 Å². The molecule has 5 heteroatoms. The molecule has 1 aliphatic rings. The zero-order valence-corrected chi connectivity index (χ0v) is 12.0. The van der Waals surface area contributed by atoms with Crippen LogP contribution >= 0.6 is 0 Å². The van der Waals surface area contributed by atoms with Gasteiger partial charge in [-0.15, -0.1) is 0 Å². The van der Waals surface area contributed by atoms with Crippen molar-refractivity contribution in [1.82, 2.24) is 0 Å². The molecule has 0 aromatic heterocycles. The van der Waals surface area contributed by atoms with Crippen molar-refractivity contribution in [3.05, 3.63) is 23.8 Å². The van der Waals surface area contributed by atoms with Crippen molar-refractivity contribution in [3.8, 4) is 0 Å². The van der Waals surface area contributed by atoms with Crippen LogP contribution in [0.2, 0.25) is 0 Å². The summed E-state index contributed by atoms with van der Waals surface area (Å²) in [4.78, 5) is 11.6. The van der Waals surface area contributed by atoms with Crippen molar-refractivity contribution in [2.75, 3.05) is 24.8 Å². The second-order valence-electron chi connectivity index (χ2n) is 5.03. The molecule has 2 rings (SSSR count). The number of nitrogens with one attached hydrogen (secondary N) is 1. The topological polar surface area (TPSA) is 73.6 Å². The van der Waals surface area contributed by atoms with E-state index in [-0.39, 0.29) is 5.97 Å². The number of hydrogen-bond donors (Lipinski definition) is 2. The molecular formula is C15H22N2O3. The number of esters is 1. The van der Waals surface area contributed by atoms with Gasteiger partial charge in [-0.3, -0.25) is 0 Å². The number of nitrogens with two attached hydrogens (primary N) is 1. The molecule has 2 unspecified atom stereocenters. The quantitative estimate of drug-likeness (QED) is 0.639. The fourth-order valence-corrected chi connectivity index (χ4v) is 2.54. The Morgan fingerprint density at radius 2 is 2.25 bits per heavy atom. The average molecular weight is 278 g/mol. The second kappa shape index (κ2) is 6.61. The van der Waals surface area contributed by atoms with Crippen molar-refractivity contribution in [3.63, 3.8) is 0 Å². The molecule has 0 amide bonds. The molecule has 1 aromatic carbocycles. The molecule has 110 valence electrons. The molecule has 1 saturated carbocycles. The van der Waals surface area contributed by atoms with Crippen LogP contribution in [0.1, 0.15) is 36.5 Å². The van der Waals surface area contributed by atoms with E-state index in [1.165, 1.54) is 0 Å². The normalized spacial score (nSPS) is 21.7. The van der Waals surface area contributed by atoms with Crippen LogP contribution in [0.5, 0.6) is 0 Å². The zero-order chi connectivity index (χ0) is 14.5. The smallest absolute Gasteiger partial charge is 0.338 e. The minimum atomic E-state index is -0.342. The highest BCUT2D eigenvalue weighted by molar-refractivity contribution is 5.91. The van der Waals surface area contributed by atoms with Gasteiger partial charge in [-0.25, -0.2) is 4.79 Å². The number of anilines is 2. The van der Waals surface area contributed by atoms with Gasteiger partial charge in [-0.2, -0.15) is 0 Å². The van der Waals surface area contributed by atoms with Crippen molar-refractivity contribution >= 4 is 17.3 Å². The van der Waals surface area contributed by atoms with E-state index in [1.54, 1.807) is 26.2 Å². The third-order valence-corrected chi connectivity index (χ3v) is 3.64. The Balaban J connectivity index is 2.01. The highest BCUT2D eigenvalue weighted by Gasteiger charge is 2.24. The number of nitrogen functional groups attached to an aromatic ring is 1. The Hall–Kier alpha value is -1.75. The van der Waals surface area contributed by atoms with Crippen molar-refractivity contribution in [2.45, 2.75) is 38.3 Å². The van der Waals surface area contributed by atoms with Gasteiger partial charge in [0.25, 0.3) is 0 Å². The first-order valence-electron chi connectivity index (χ1n) is 7.00. The number of benzene rings is 1. The van der Waals surface area contributed by atoms with E-state index in [0.29, 0.717) is 30.0 Å². The second-order valence-corrected chi connectivity index (χ2v) is 5.03. The fourth-order valence-electron chi connectivity index (χ4n) is 2.54. The lowest BCUT2D eigenvalue weighted by molar-refractivity contribution is 0.0526. The Kier molecular flexibility index (Phi) is 4.84. The van der Waals surface area contributed by atoms with Crippen LogP contribution in [0, 0.1) is 0 Å². The monoisotopic (exact) mass is 278 g/mol. The maximum atomic E-state index is 11.6. The summed E-state index contributed by atoms with van der Waals surface area (Å²) in [6.45, 7) is 2.14. The Morgan fingerprint density at radius 1 is 1.45 bits per heavy atom. The molecule has 1 fully saturated rings. The number of methoxy groups -OCH3 is 1. The average Bonchev–Trinajstić information content (AvgIpc) is 2.89. The summed E-state index contributed by atoms with van der Waals surface area (Å²) in [5.41, 5.74) is 7.91. The van der Waals surface area contributed by atoms with Crippen LogP contribution in [0.15, 0.2) is 18.2 Å². The fraction of sp³-hybridized carbons (Fsp3) is 0.533. The van der Waals surface area contributed by atoms with Gasteiger partial charge in [0.15, 0.2) is 0 Å². The lowest BCUT2D eigenvalue weighted by atomic mass is 10.1. The first kappa shape index (κ1) is 14.7. The van der Waals surface area contributed by atoms with Gasteiger partial charge in [0.2, 0.25) is 0 Å². The summed E-state index contributed by atoms with van der Waals surface area (Å²) in [6.07, 6.45) is 3.44. The summed E-state index contributed by atoms with van der Waals surface area (Å²) >= 11 is 0. The summed E-state index contributed by atoms with van der Waals surface area (Å²) < 4.78 is 10.3. The Labute approximate surface area is 119 Å². The summed E-state index contributed by atoms with van der Waals surface area (Å²) in [6, 6.07) is 5.60. The number of rotatable bonds is 5. The SMILES string of the molecule is CCOC(=O)c1ccc(NC2CCC(OC)C2)c(N)c1. The van der Waals surface area contributed by atoms with Crippen LogP contribution in [0.3, 0.4) is 0 Å². The molecule has 0 bridgehead atoms. The maximum absolute atomic E-state index is 11.6. The lowest BCUT2D eigenvalue weighted by Crippen LogP contribution is -2.18. The molecule has 0 saturated heterocycles. The molecule has 0 spiro atoms. The van der Waals surface area contributed by atoms with Gasteiger partial charge in [0.05, 0.1) is 29.6 Å². The van der Waals surface area contributed by atoms with Gasteiger partial charge in [0.1, 0.15) is 0 Å². The van der Waals surface area contributed by atoms with Gasteiger partial charge in [-0.1, -0.05) is 0 Å². The zero-order valence-electron chi connectivity index (χ0n) is 12.0. The van der Waals surface area contributed by atoms with Crippen LogP contribution in [0.4, 0.5) is 11.4 Å². The van der Waals surface area contributed by atoms with Gasteiger partial charge >= 0.3 is 5.97 Å². The molecule has 1 aliphatic carbocycles. The number of hydrogen-bond acceptors (Lipinski definition) is 5. The predicted molar refractivity (Wildman–Crippen MR) is 78.9 cm³/mol.